The monoisotopic (exact) mass is 177 g/mol. The smallest absolute Gasteiger partial charge is 0.0662 e. The molecule has 12 heavy (non-hydrogen) atoms. The van der Waals surface area contributed by atoms with Crippen LogP contribution in [0, 0.1) is 0 Å². The van der Waals surface area contributed by atoms with Crippen LogP contribution in [0.2, 0.25) is 0 Å². The zero-order valence-electron chi connectivity index (χ0n) is 8.03. The molecule has 0 rings (SSSR count). The quantitative estimate of drug-likeness (QED) is 0.561. The maximum atomic E-state index is 9.06. The van der Waals surface area contributed by atoms with Gasteiger partial charge in [0.2, 0.25) is 0 Å². The summed E-state index contributed by atoms with van der Waals surface area (Å²) < 4.78 is 0. The molecule has 4 nitrogen and oxygen atoms in total. The molecule has 0 aromatic rings. The van der Waals surface area contributed by atoms with E-state index in [0.717, 1.165) is 0 Å². The lowest BCUT2D eigenvalue weighted by Gasteiger charge is -2.23. The maximum absolute atomic E-state index is 9.06. The van der Waals surface area contributed by atoms with E-state index in [-0.39, 0.29) is 0 Å². The van der Waals surface area contributed by atoms with E-state index in [4.69, 9.17) is 15.1 Å². The van der Waals surface area contributed by atoms with E-state index in [0.29, 0.717) is 19.7 Å². The van der Waals surface area contributed by atoms with E-state index < -0.39 is 12.2 Å². The first-order valence-electron chi connectivity index (χ1n) is 4.30. The van der Waals surface area contributed by atoms with Gasteiger partial charge in [-0.25, -0.2) is 0 Å². The van der Waals surface area contributed by atoms with E-state index in [2.05, 4.69) is 0 Å². The molecule has 0 heterocycles. The van der Waals surface area contributed by atoms with Crippen LogP contribution in [0.25, 0.3) is 0 Å². The van der Waals surface area contributed by atoms with Gasteiger partial charge in [0, 0.05) is 13.1 Å². The first kappa shape index (κ1) is 11.8. The predicted octanol–water partition coefficient (Wildman–Crippen LogP) is 0.00150. The molecule has 2 N–H and O–H groups in total. The highest BCUT2D eigenvalue weighted by Gasteiger charge is 2.10. The minimum Gasteiger partial charge on any atom is -0.392 e. The second kappa shape index (κ2) is 6.37. The highest BCUT2D eigenvalue weighted by molar-refractivity contribution is 4.56. The third-order valence-electron chi connectivity index (χ3n) is 1.25. The number of aliphatic hydroxyl groups is 2. The van der Waals surface area contributed by atoms with Crippen molar-refractivity contribution in [2.24, 2.45) is 0 Å². The molecule has 2 unspecified atom stereocenters. The fourth-order valence-corrected chi connectivity index (χ4v) is 0.952. The van der Waals surface area contributed by atoms with Gasteiger partial charge in [-0.05, 0) is 20.8 Å². The van der Waals surface area contributed by atoms with Crippen molar-refractivity contribution in [1.82, 2.24) is 5.06 Å². The van der Waals surface area contributed by atoms with E-state index in [9.17, 15) is 0 Å². The highest BCUT2D eigenvalue weighted by atomic mass is 16.7. The molecule has 0 saturated carbocycles. The minimum absolute atomic E-state index is 0.429. The van der Waals surface area contributed by atoms with Crippen molar-refractivity contribution in [3.63, 3.8) is 0 Å². The zero-order valence-corrected chi connectivity index (χ0v) is 8.03. The topological polar surface area (TPSA) is 52.9 Å². The molecule has 0 spiro atoms. The molecule has 2 atom stereocenters. The Balaban J connectivity index is 3.69. The third kappa shape index (κ3) is 6.54. The minimum atomic E-state index is -0.435. The summed E-state index contributed by atoms with van der Waals surface area (Å²) in [4.78, 5) is 5.18. The second-order valence-electron chi connectivity index (χ2n) is 2.96. The van der Waals surface area contributed by atoms with Crippen molar-refractivity contribution < 1.29 is 15.1 Å². The highest BCUT2D eigenvalue weighted by Crippen LogP contribution is 1.96. The molecule has 0 aromatic carbocycles. The van der Waals surface area contributed by atoms with Crippen molar-refractivity contribution >= 4 is 0 Å². The van der Waals surface area contributed by atoms with Crippen LogP contribution in [0.3, 0.4) is 0 Å². The summed E-state index contributed by atoms with van der Waals surface area (Å²) in [6.45, 7) is 6.66. The van der Waals surface area contributed by atoms with Crippen LogP contribution in [-0.4, -0.2) is 47.2 Å². The van der Waals surface area contributed by atoms with Crippen LogP contribution in [0.4, 0.5) is 0 Å². The van der Waals surface area contributed by atoms with Crippen LogP contribution < -0.4 is 0 Å². The van der Waals surface area contributed by atoms with Crippen molar-refractivity contribution in [3.8, 4) is 0 Å². The molecule has 0 aliphatic carbocycles. The lowest BCUT2D eigenvalue weighted by atomic mass is 10.3. The van der Waals surface area contributed by atoms with Gasteiger partial charge in [0.25, 0.3) is 0 Å². The van der Waals surface area contributed by atoms with Crippen LogP contribution in [0.5, 0.6) is 0 Å². The number of hydrogen-bond acceptors (Lipinski definition) is 4. The van der Waals surface area contributed by atoms with Crippen molar-refractivity contribution in [2.45, 2.75) is 33.0 Å². The van der Waals surface area contributed by atoms with Crippen LogP contribution in [0.15, 0.2) is 0 Å². The van der Waals surface area contributed by atoms with Gasteiger partial charge >= 0.3 is 0 Å². The Labute approximate surface area is 73.7 Å². The molecule has 0 amide bonds. The molecule has 0 fully saturated rings. The number of aliphatic hydroxyl groups excluding tert-OH is 2. The van der Waals surface area contributed by atoms with Gasteiger partial charge in [0.1, 0.15) is 0 Å². The Morgan fingerprint density at radius 1 is 1.17 bits per heavy atom. The van der Waals surface area contributed by atoms with Gasteiger partial charge in [0.15, 0.2) is 0 Å². The fraction of sp³-hybridized carbons (Fsp3) is 1.00. The number of rotatable bonds is 6. The van der Waals surface area contributed by atoms with Crippen LogP contribution in [-0.2, 0) is 4.84 Å². The molecule has 0 aliphatic rings. The first-order valence-corrected chi connectivity index (χ1v) is 4.30. The zero-order chi connectivity index (χ0) is 9.56. The number of hydrogen-bond donors (Lipinski definition) is 2. The summed E-state index contributed by atoms with van der Waals surface area (Å²) >= 11 is 0. The molecule has 0 aliphatic heterocycles. The van der Waals surface area contributed by atoms with Gasteiger partial charge in [-0.3, -0.25) is 4.84 Å². The summed E-state index contributed by atoms with van der Waals surface area (Å²) in [5.74, 6) is 0. The maximum Gasteiger partial charge on any atom is 0.0662 e. The molecule has 4 heteroatoms. The number of nitrogens with zero attached hydrogens (tertiary/aromatic N) is 1. The lowest BCUT2D eigenvalue weighted by molar-refractivity contribution is -0.179. The van der Waals surface area contributed by atoms with Gasteiger partial charge in [-0.2, -0.15) is 5.06 Å². The molecule has 0 radical (unpaired) electrons. The fourth-order valence-electron chi connectivity index (χ4n) is 0.952. The average molecular weight is 177 g/mol. The Morgan fingerprint density at radius 3 is 1.83 bits per heavy atom. The van der Waals surface area contributed by atoms with Gasteiger partial charge in [-0.15, -0.1) is 0 Å². The lowest BCUT2D eigenvalue weighted by Crippen LogP contribution is -2.36. The van der Waals surface area contributed by atoms with E-state index >= 15 is 0 Å². The van der Waals surface area contributed by atoms with Crippen LogP contribution in [0.1, 0.15) is 20.8 Å². The standard InChI is InChI=1S/C8H19NO3/c1-4-12-9(5-7(2)10)6-8(3)11/h7-8,10-11H,4-6H2,1-3H3. The SMILES string of the molecule is CCON(CC(C)O)CC(C)O. The Morgan fingerprint density at radius 2 is 1.58 bits per heavy atom. The first-order chi connectivity index (χ1) is 5.56. The molecule has 0 bridgehead atoms. The van der Waals surface area contributed by atoms with Crippen molar-refractivity contribution in [1.29, 1.82) is 0 Å². The molecule has 0 aromatic heterocycles. The van der Waals surface area contributed by atoms with E-state index in [1.807, 2.05) is 6.92 Å². The summed E-state index contributed by atoms with van der Waals surface area (Å²) in [6.07, 6.45) is -0.870. The van der Waals surface area contributed by atoms with Crippen molar-refractivity contribution in [3.05, 3.63) is 0 Å². The van der Waals surface area contributed by atoms with Gasteiger partial charge < -0.3 is 10.2 Å². The molecular weight excluding hydrogens is 158 g/mol. The number of hydroxylamine groups is 2. The predicted molar refractivity (Wildman–Crippen MR) is 46.6 cm³/mol. The summed E-state index contributed by atoms with van der Waals surface area (Å²) in [5, 5.41) is 19.7. The molecule has 74 valence electrons. The van der Waals surface area contributed by atoms with Gasteiger partial charge in [0.05, 0.1) is 18.8 Å². The largest absolute Gasteiger partial charge is 0.392 e. The molecule has 0 saturated heterocycles. The van der Waals surface area contributed by atoms with Gasteiger partial charge in [-0.1, -0.05) is 0 Å². The summed E-state index contributed by atoms with van der Waals surface area (Å²) in [7, 11) is 0. The summed E-state index contributed by atoms with van der Waals surface area (Å²) in [6, 6.07) is 0. The van der Waals surface area contributed by atoms with Crippen molar-refractivity contribution in [2.75, 3.05) is 19.7 Å². The third-order valence-corrected chi connectivity index (χ3v) is 1.25. The summed E-state index contributed by atoms with van der Waals surface area (Å²) in [5.41, 5.74) is 0. The Kier molecular flexibility index (Phi) is 6.28. The normalized spacial score (nSPS) is 16.5. The Hall–Kier alpha value is -0.160. The van der Waals surface area contributed by atoms with Crippen LogP contribution >= 0.6 is 0 Å². The molecular formula is C8H19NO3. The van der Waals surface area contributed by atoms with E-state index in [1.54, 1.807) is 18.9 Å². The van der Waals surface area contributed by atoms with E-state index in [1.165, 1.54) is 0 Å². The second-order valence-corrected chi connectivity index (χ2v) is 2.96. The Bertz CT molecular complexity index is 96.5. The average Bonchev–Trinajstić information content (AvgIpc) is 1.84.